The third-order valence-corrected chi connectivity index (χ3v) is 2.74. The molecule has 2 rings (SSSR count). The zero-order valence-corrected chi connectivity index (χ0v) is 11.2. The number of hydrogen-bond donors (Lipinski definition) is 1. The minimum atomic E-state index is -4.51. The maximum Gasteiger partial charge on any atom is 0.416 e. The van der Waals surface area contributed by atoms with Crippen molar-refractivity contribution in [2.24, 2.45) is 0 Å². The average Bonchev–Trinajstić information content (AvgIpc) is 2.91. The molecule has 0 aliphatic rings. The number of nitrogens with one attached hydrogen (secondary N) is 1. The summed E-state index contributed by atoms with van der Waals surface area (Å²) in [5, 5.41) is 2.46. The molecular weight excluding hydrogens is 285 g/mol. The van der Waals surface area contributed by atoms with Gasteiger partial charge in [-0.2, -0.15) is 13.2 Å². The Balaban J connectivity index is 2.40. The molecule has 1 amide bonds. The summed E-state index contributed by atoms with van der Waals surface area (Å²) in [5.41, 5.74) is -0.577. The standard InChI is InChI=1S/C14H13F3N2O2/c1-2-3-13(20)19-11-5-9(12-7-18-8-21-12)4-10(6-11)14(15,16)17/h4-8H,2-3H2,1H3,(H,19,20). The van der Waals surface area contributed by atoms with E-state index in [0.717, 1.165) is 18.5 Å². The Labute approximate surface area is 119 Å². The van der Waals surface area contributed by atoms with E-state index in [4.69, 9.17) is 4.42 Å². The van der Waals surface area contributed by atoms with Crippen molar-refractivity contribution in [1.82, 2.24) is 4.98 Å². The van der Waals surface area contributed by atoms with Crippen LogP contribution in [0.4, 0.5) is 18.9 Å². The predicted octanol–water partition coefficient (Wildman–Crippen LogP) is 4.10. The van der Waals surface area contributed by atoms with E-state index in [0.29, 0.717) is 6.42 Å². The Morgan fingerprint density at radius 2 is 2.10 bits per heavy atom. The van der Waals surface area contributed by atoms with Crippen LogP contribution in [-0.2, 0) is 11.0 Å². The smallest absolute Gasteiger partial charge is 0.416 e. The van der Waals surface area contributed by atoms with Gasteiger partial charge in [-0.3, -0.25) is 4.79 Å². The number of amides is 1. The minimum Gasteiger partial charge on any atom is -0.444 e. The molecule has 0 aliphatic carbocycles. The molecule has 2 aromatic rings. The van der Waals surface area contributed by atoms with Crippen molar-refractivity contribution in [3.8, 4) is 11.3 Å². The van der Waals surface area contributed by atoms with Crippen molar-refractivity contribution in [3.05, 3.63) is 36.4 Å². The molecule has 1 N–H and O–H groups in total. The monoisotopic (exact) mass is 298 g/mol. The molecule has 4 nitrogen and oxygen atoms in total. The molecule has 21 heavy (non-hydrogen) atoms. The van der Waals surface area contributed by atoms with E-state index in [1.54, 1.807) is 0 Å². The summed E-state index contributed by atoms with van der Waals surface area (Å²) < 4.78 is 43.8. The number of carbonyl (C=O) groups excluding carboxylic acids is 1. The minimum absolute atomic E-state index is 0.0784. The maximum atomic E-state index is 12.9. The van der Waals surface area contributed by atoms with E-state index in [-0.39, 0.29) is 29.3 Å². The van der Waals surface area contributed by atoms with Crippen molar-refractivity contribution < 1.29 is 22.4 Å². The number of oxazole rings is 1. The Morgan fingerprint density at radius 1 is 1.33 bits per heavy atom. The van der Waals surface area contributed by atoms with Crippen LogP contribution in [0.3, 0.4) is 0 Å². The zero-order chi connectivity index (χ0) is 15.5. The molecule has 0 saturated heterocycles. The molecule has 1 aromatic heterocycles. The van der Waals surface area contributed by atoms with E-state index in [9.17, 15) is 18.0 Å². The normalized spacial score (nSPS) is 11.4. The number of carbonyl (C=O) groups is 1. The van der Waals surface area contributed by atoms with Gasteiger partial charge in [-0.25, -0.2) is 4.98 Å². The van der Waals surface area contributed by atoms with Gasteiger partial charge in [-0.15, -0.1) is 0 Å². The zero-order valence-electron chi connectivity index (χ0n) is 11.2. The van der Waals surface area contributed by atoms with E-state index < -0.39 is 11.7 Å². The second kappa shape index (κ2) is 5.99. The van der Waals surface area contributed by atoms with E-state index in [2.05, 4.69) is 10.3 Å². The third kappa shape index (κ3) is 3.84. The van der Waals surface area contributed by atoms with Gasteiger partial charge in [0.2, 0.25) is 5.91 Å². The Hall–Kier alpha value is -2.31. The molecular formula is C14H13F3N2O2. The van der Waals surface area contributed by atoms with Gasteiger partial charge in [0.1, 0.15) is 0 Å². The van der Waals surface area contributed by atoms with E-state index >= 15 is 0 Å². The largest absolute Gasteiger partial charge is 0.444 e. The van der Waals surface area contributed by atoms with E-state index in [1.165, 1.54) is 12.3 Å². The highest BCUT2D eigenvalue weighted by Crippen LogP contribution is 2.34. The molecule has 1 aromatic carbocycles. The molecule has 0 fully saturated rings. The topological polar surface area (TPSA) is 55.1 Å². The van der Waals surface area contributed by atoms with Crippen LogP contribution in [0.15, 0.2) is 35.2 Å². The number of halogens is 3. The van der Waals surface area contributed by atoms with Crippen molar-refractivity contribution >= 4 is 11.6 Å². The Kier molecular flexibility index (Phi) is 4.30. The highest BCUT2D eigenvalue weighted by Gasteiger charge is 2.31. The second-order valence-electron chi connectivity index (χ2n) is 4.46. The van der Waals surface area contributed by atoms with Gasteiger partial charge >= 0.3 is 6.18 Å². The molecule has 0 bridgehead atoms. The summed E-state index contributed by atoms with van der Waals surface area (Å²) in [6, 6.07) is 3.27. The SMILES string of the molecule is CCCC(=O)Nc1cc(-c2cnco2)cc(C(F)(F)F)c1. The molecule has 0 radical (unpaired) electrons. The lowest BCUT2D eigenvalue weighted by Gasteiger charge is -2.12. The van der Waals surface area contributed by atoms with Gasteiger partial charge in [0, 0.05) is 17.7 Å². The first-order valence-electron chi connectivity index (χ1n) is 6.31. The van der Waals surface area contributed by atoms with Crippen molar-refractivity contribution in [2.45, 2.75) is 25.9 Å². The van der Waals surface area contributed by atoms with Crippen LogP contribution in [0.25, 0.3) is 11.3 Å². The number of benzene rings is 1. The Morgan fingerprint density at radius 3 is 2.67 bits per heavy atom. The average molecular weight is 298 g/mol. The summed E-state index contributed by atoms with van der Waals surface area (Å²) in [5.74, 6) is -0.132. The number of nitrogens with zero attached hydrogens (tertiary/aromatic N) is 1. The maximum absolute atomic E-state index is 12.9. The molecule has 0 saturated carbocycles. The second-order valence-corrected chi connectivity index (χ2v) is 4.46. The summed E-state index contributed by atoms with van der Waals surface area (Å²) in [6.45, 7) is 1.81. The molecule has 112 valence electrons. The van der Waals surface area contributed by atoms with Gasteiger partial charge in [0.15, 0.2) is 12.2 Å². The van der Waals surface area contributed by atoms with Gasteiger partial charge in [0.05, 0.1) is 11.8 Å². The lowest BCUT2D eigenvalue weighted by molar-refractivity contribution is -0.137. The van der Waals surface area contributed by atoms with Gasteiger partial charge < -0.3 is 9.73 Å². The Bertz CT molecular complexity index is 622. The number of alkyl halides is 3. The quantitative estimate of drug-likeness (QED) is 0.924. The van der Waals surface area contributed by atoms with Crippen LogP contribution in [0.2, 0.25) is 0 Å². The lowest BCUT2D eigenvalue weighted by Crippen LogP contribution is -2.12. The molecule has 7 heteroatoms. The third-order valence-electron chi connectivity index (χ3n) is 2.74. The fraction of sp³-hybridized carbons (Fsp3) is 0.286. The van der Waals surface area contributed by atoms with Crippen LogP contribution in [0.5, 0.6) is 0 Å². The van der Waals surface area contributed by atoms with Crippen LogP contribution < -0.4 is 5.32 Å². The van der Waals surface area contributed by atoms with Gasteiger partial charge in [-0.05, 0) is 24.6 Å². The summed E-state index contributed by atoms with van der Waals surface area (Å²) >= 11 is 0. The van der Waals surface area contributed by atoms with Crippen molar-refractivity contribution in [3.63, 3.8) is 0 Å². The van der Waals surface area contributed by atoms with Crippen molar-refractivity contribution in [2.75, 3.05) is 5.32 Å². The lowest BCUT2D eigenvalue weighted by atomic mass is 10.1. The summed E-state index contributed by atoms with van der Waals surface area (Å²) in [4.78, 5) is 15.2. The molecule has 0 unspecified atom stereocenters. The number of aromatic nitrogens is 1. The number of hydrogen-bond acceptors (Lipinski definition) is 3. The summed E-state index contributed by atoms with van der Waals surface area (Å²) in [6.07, 6.45) is -1.22. The fourth-order valence-corrected chi connectivity index (χ4v) is 1.81. The van der Waals surface area contributed by atoms with Gasteiger partial charge in [0.25, 0.3) is 0 Å². The van der Waals surface area contributed by atoms with Crippen LogP contribution >= 0.6 is 0 Å². The first kappa shape index (κ1) is 15.1. The molecule has 0 atom stereocenters. The first-order chi connectivity index (χ1) is 9.90. The summed E-state index contributed by atoms with van der Waals surface area (Å²) in [7, 11) is 0. The predicted molar refractivity (Wildman–Crippen MR) is 70.5 cm³/mol. The van der Waals surface area contributed by atoms with Crippen LogP contribution in [0.1, 0.15) is 25.3 Å². The highest BCUT2D eigenvalue weighted by atomic mass is 19.4. The van der Waals surface area contributed by atoms with Gasteiger partial charge in [-0.1, -0.05) is 6.92 Å². The molecule has 0 aliphatic heterocycles. The number of rotatable bonds is 4. The highest BCUT2D eigenvalue weighted by molar-refractivity contribution is 5.91. The van der Waals surface area contributed by atoms with Crippen LogP contribution in [-0.4, -0.2) is 10.9 Å². The van der Waals surface area contributed by atoms with Crippen LogP contribution in [0, 0.1) is 0 Å². The number of anilines is 1. The van der Waals surface area contributed by atoms with Crippen molar-refractivity contribution in [1.29, 1.82) is 0 Å². The fourth-order valence-electron chi connectivity index (χ4n) is 1.81. The van der Waals surface area contributed by atoms with E-state index in [1.807, 2.05) is 6.92 Å². The molecule has 0 spiro atoms. The first-order valence-corrected chi connectivity index (χ1v) is 6.31. The molecule has 1 heterocycles.